The molecule has 2 aromatic carbocycles. The minimum atomic E-state index is -5.36. The zero-order chi connectivity index (χ0) is 23.1. The van der Waals surface area contributed by atoms with Gasteiger partial charge in [-0.1, -0.05) is 29.8 Å². The number of hydrogen-bond donors (Lipinski definition) is 0. The standard InChI is InChI=1S/C20H18F5NO4S/c1-3-30-19(27)20(8-9-20)26(10-12-6-4-11(2)5-7-12)31(28,29)18-16(24)14(22)13(21)15(23)17(18)25/h4-7H,3,8-10H2,1-2H3. The molecular weight excluding hydrogens is 445 g/mol. The van der Waals surface area contributed by atoms with E-state index in [-0.39, 0.29) is 19.4 Å². The molecule has 5 nitrogen and oxygen atoms in total. The highest BCUT2D eigenvalue weighted by Crippen LogP contribution is 2.47. The summed E-state index contributed by atoms with van der Waals surface area (Å²) >= 11 is 0. The van der Waals surface area contributed by atoms with E-state index in [2.05, 4.69) is 0 Å². The van der Waals surface area contributed by atoms with Crippen LogP contribution in [0.1, 0.15) is 30.9 Å². The van der Waals surface area contributed by atoms with Gasteiger partial charge in [0.2, 0.25) is 5.82 Å². The van der Waals surface area contributed by atoms with E-state index in [1.165, 1.54) is 19.1 Å². The van der Waals surface area contributed by atoms with Crippen LogP contribution in [0.4, 0.5) is 22.0 Å². The molecule has 0 unspecified atom stereocenters. The summed E-state index contributed by atoms with van der Waals surface area (Å²) in [7, 11) is -5.36. The largest absolute Gasteiger partial charge is 0.465 e. The lowest BCUT2D eigenvalue weighted by atomic mass is 10.1. The zero-order valence-electron chi connectivity index (χ0n) is 16.5. The summed E-state index contributed by atoms with van der Waals surface area (Å²) in [6.07, 6.45) is -0.0708. The van der Waals surface area contributed by atoms with E-state index in [0.717, 1.165) is 5.56 Å². The molecule has 0 aromatic heterocycles. The monoisotopic (exact) mass is 463 g/mol. The van der Waals surface area contributed by atoms with Gasteiger partial charge in [-0.05, 0) is 32.3 Å². The normalized spacial score (nSPS) is 15.2. The summed E-state index contributed by atoms with van der Waals surface area (Å²) in [4.78, 5) is 10.5. The number of hydrogen-bond acceptors (Lipinski definition) is 4. The Balaban J connectivity index is 2.20. The first-order valence-corrected chi connectivity index (χ1v) is 10.7. The molecule has 168 valence electrons. The lowest BCUT2D eigenvalue weighted by Gasteiger charge is -2.30. The summed E-state index contributed by atoms with van der Waals surface area (Å²) in [6, 6.07) is 6.33. The molecule has 0 heterocycles. The molecule has 0 N–H and O–H groups in total. The molecule has 1 aliphatic rings. The SMILES string of the molecule is CCOC(=O)C1(N(Cc2ccc(C)cc2)S(=O)(=O)c2c(F)c(F)c(F)c(F)c2F)CC1. The number of sulfonamides is 1. The first kappa shape index (κ1) is 23.1. The van der Waals surface area contributed by atoms with E-state index < -0.39 is 62.1 Å². The van der Waals surface area contributed by atoms with Crippen molar-refractivity contribution >= 4 is 16.0 Å². The Morgan fingerprint density at radius 3 is 1.90 bits per heavy atom. The first-order valence-electron chi connectivity index (χ1n) is 9.24. The predicted octanol–water partition coefficient (Wildman–Crippen LogP) is 3.98. The third-order valence-electron chi connectivity index (χ3n) is 5.02. The first-order chi connectivity index (χ1) is 14.5. The molecule has 31 heavy (non-hydrogen) atoms. The number of carbonyl (C=O) groups is 1. The highest BCUT2D eigenvalue weighted by molar-refractivity contribution is 7.89. The highest BCUT2D eigenvalue weighted by atomic mass is 32.2. The number of aryl methyl sites for hydroxylation is 1. The number of esters is 1. The van der Waals surface area contributed by atoms with Crippen molar-refractivity contribution < 1.29 is 39.9 Å². The van der Waals surface area contributed by atoms with E-state index in [0.29, 0.717) is 9.87 Å². The summed E-state index contributed by atoms with van der Waals surface area (Å²) in [5.74, 6) is -13.2. The molecule has 0 aliphatic heterocycles. The van der Waals surface area contributed by atoms with Crippen LogP contribution in [0.3, 0.4) is 0 Å². The topological polar surface area (TPSA) is 63.7 Å². The van der Waals surface area contributed by atoms with Crippen LogP contribution < -0.4 is 0 Å². The summed E-state index contributed by atoms with van der Waals surface area (Å²) in [6.45, 7) is 2.62. The third kappa shape index (κ3) is 3.91. The van der Waals surface area contributed by atoms with E-state index in [1.807, 2.05) is 0 Å². The molecule has 3 rings (SSSR count). The van der Waals surface area contributed by atoms with E-state index in [9.17, 15) is 35.2 Å². The minimum absolute atomic E-state index is 0.0354. The molecule has 0 bridgehead atoms. The fourth-order valence-electron chi connectivity index (χ4n) is 3.19. The lowest BCUT2D eigenvalue weighted by Crippen LogP contribution is -2.48. The van der Waals surface area contributed by atoms with Crippen LogP contribution in [-0.4, -0.2) is 30.8 Å². The number of benzene rings is 2. The quantitative estimate of drug-likeness (QED) is 0.270. The van der Waals surface area contributed by atoms with Crippen molar-refractivity contribution in [2.75, 3.05) is 6.61 Å². The molecule has 0 radical (unpaired) electrons. The van der Waals surface area contributed by atoms with Crippen molar-refractivity contribution in [2.45, 2.75) is 43.7 Å². The Bertz CT molecular complexity index is 1100. The van der Waals surface area contributed by atoms with Gasteiger partial charge in [0.05, 0.1) is 6.61 Å². The van der Waals surface area contributed by atoms with Gasteiger partial charge in [-0.15, -0.1) is 0 Å². The molecule has 2 aromatic rings. The van der Waals surface area contributed by atoms with Crippen molar-refractivity contribution in [3.8, 4) is 0 Å². The van der Waals surface area contributed by atoms with Crippen LogP contribution in [0.15, 0.2) is 29.2 Å². The van der Waals surface area contributed by atoms with Gasteiger partial charge in [-0.25, -0.2) is 30.4 Å². The van der Waals surface area contributed by atoms with Crippen molar-refractivity contribution in [3.63, 3.8) is 0 Å². The maximum absolute atomic E-state index is 14.4. The van der Waals surface area contributed by atoms with Gasteiger partial charge in [-0.3, -0.25) is 4.79 Å². The average molecular weight is 463 g/mol. The maximum atomic E-state index is 14.4. The Morgan fingerprint density at radius 2 is 1.45 bits per heavy atom. The van der Waals surface area contributed by atoms with E-state index >= 15 is 0 Å². The van der Waals surface area contributed by atoms with Crippen LogP contribution >= 0.6 is 0 Å². The van der Waals surface area contributed by atoms with Crippen LogP contribution in [0, 0.1) is 36.0 Å². The second-order valence-electron chi connectivity index (χ2n) is 7.15. The number of halogens is 5. The van der Waals surface area contributed by atoms with Crippen molar-refractivity contribution in [1.82, 2.24) is 4.31 Å². The Labute approximate surface area is 175 Å². The van der Waals surface area contributed by atoms with Gasteiger partial charge < -0.3 is 4.74 Å². The van der Waals surface area contributed by atoms with Crippen LogP contribution in [-0.2, 0) is 26.1 Å². The average Bonchev–Trinajstić information content (AvgIpc) is 3.52. The second kappa shape index (κ2) is 8.19. The molecule has 1 fully saturated rings. The van der Waals surface area contributed by atoms with Gasteiger partial charge in [0.25, 0.3) is 10.0 Å². The van der Waals surface area contributed by atoms with Crippen LogP contribution in [0.5, 0.6) is 0 Å². The molecule has 0 spiro atoms. The third-order valence-corrected chi connectivity index (χ3v) is 6.95. The fraction of sp³-hybridized carbons (Fsp3) is 0.350. The summed E-state index contributed by atoms with van der Waals surface area (Å²) in [5, 5.41) is 0. The molecule has 0 amide bonds. The minimum Gasteiger partial charge on any atom is -0.465 e. The van der Waals surface area contributed by atoms with Gasteiger partial charge >= 0.3 is 5.97 Å². The van der Waals surface area contributed by atoms with Gasteiger partial charge in [-0.2, -0.15) is 4.31 Å². The maximum Gasteiger partial charge on any atom is 0.327 e. The van der Waals surface area contributed by atoms with E-state index in [1.54, 1.807) is 19.1 Å². The predicted molar refractivity (Wildman–Crippen MR) is 98.7 cm³/mol. The Hall–Kier alpha value is -2.53. The highest BCUT2D eigenvalue weighted by Gasteiger charge is 2.61. The number of carbonyl (C=O) groups excluding carboxylic acids is 1. The molecule has 1 saturated carbocycles. The Morgan fingerprint density at radius 1 is 0.968 bits per heavy atom. The van der Waals surface area contributed by atoms with Crippen molar-refractivity contribution in [3.05, 3.63) is 64.5 Å². The number of nitrogens with zero attached hydrogens (tertiary/aromatic N) is 1. The second-order valence-corrected chi connectivity index (χ2v) is 8.95. The summed E-state index contributed by atoms with van der Waals surface area (Å²) < 4.78 is 101. The lowest BCUT2D eigenvalue weighted by molar-refractivity contribution is -0.149. The number of ether oxygens (including phenoxy) is 1. The van der Waals surface area contributed by atoms with Crippen LogP contribution in [0.2, 0.25) is 0 Å². The molecule has 0 saturated heterocycles. The number of rotatable bonds is 7. The van der Waals surface area contributed by atoms with Crippen molar-refractivity contribution in [2.24, 2.45) is 0 Å². The molecule has 11 heteroatoms. The molecule has 0 atom stereocenters. The van der Waals surface area contributed by atoms with Crippen molar-refractivity contribution in [1.29, 1.82) is 0 Å². The Kier molecular flexibility index (Phi) is 6.12. The van der Waals surface area contributed by atoms with Gasteiger partial charge in [0.15, 0.2) is 28.2 Å². The molecule has 1 aliphatic carbocycles. The molecular formula is C20H18F5NO4S. The smallest absolute Gasteiger partial charge is 0.327 e. The van der Waals surface area contributed by atoms with Crippen LogP contribution in [0.25, 0.3) is 0 Å². The zero-order valence-corrected chi connectivity index (χ0v) is 17.3. The van der Waals surface area contributed by atoms with E-state index in [4.69, 9.17) is 4.74 Å². The van der Waals surface area contributed by atoms with Gasteiger partial charge in [0.1, 0.15) is 5.54 Å². The fourth-order valence-corrected chi connectivity index (χ4v) is 5.08. The summed E-state index contributed by atoms with van der Waals surface area (Å²) in [5.41, 5.74) is -0.627. The van der Waals surface area contributed by atoms with Gasteiger partial charge in [0, 0.05) is 6.54 Å².